The van der Waals surface area contributed by atoms with E-state index in [1.165, 1.54) is 0 Å². The van der Waals surface area contributed by atoms with Crippen LogP contribution < -0.4 is 10.6 Å². The highest BCUT2D eigenvalue weighted by atomic mass is 16.3. The van der Waals surface area contributed by atoms with Gasteiger partial charge in [0.2, 0.25) is 0 Å². The largest absolute Gasteiger partial charge is 0.394 e. The maximum absolute atomic E-state index is 12.5. The molecular weight excluding hydrogens is 252 g/mol. The van der Waals surface area contributed by atoms with E-state index in [0.29, 0.717) is 18.4 Å². The molecule has 0 radical (unpaired) electrons. The summed E-state index contributed by atoms with van der Waals surface area (Å²) in [6, 6.07) is 7.70. The monoisotopic (exact) mass is 278 g/mol. The van der Waals surface area contributed by atoms with E-state index in [1.807, 2.05) is 45.9 Å². The summed E-state index contributed by atoms with van der Waals surface area (Å²) < 4.78 is 0. The molecule has 0 aliphatic carbocycles. The molecule has 0 saturated carbocycles. The molecule has 0 atom stereocenters. The zero-order valence-corrected chi connectivity index (χ0v) is 12.9. The molecule has 1 amide bonds. The molecule has 4 heteroatoms. The lowest BCUT2D eigenvalue weighted by molar-refractivity contribution is 0.0818. The van der Waals surface area contributed by atoms with Gasteiger partial charge in [0.05, 0.1) is 17.7 Å². The summed E-state index contributed by atoms with van der Waals surface area (Å²) in [6.07, 6.45) is 1.40. The predicted molar refractivity (Wildman–Crippen MR) is 83.1 cm³/mol. The Balaban J connectivity index is 2.97. The van der Waals surface area contributed by atoms with Crippen LogP contribution in [0.15, 0.2) is 24.3 Å². The number of hydrogen-bond acceptors (Lipinski definition) is 3. The third-order valence-electron chi connectivity index (χ3n) is 3.65. The van der Waals surface area contributed by atoms with Crippen molar-refractivity contribution in [1.82, 2.24) is 5.32 Å². The van der Waals surface area contributed by atoms with Crippen molar-refractivity contribution in [2.24, 2.45) is 0 Å². The Kier molecular flexibility index (Phi) is 6.02. The number of rotatable bonds is 7. The smallest absolute Gasteiger partial charge is 0.253 e. The van der Waals surface area contributed by atoms with Gasteiger partial charge in [-0.15, -0.1) is 0 Å². The Labute approximate surface area is 121 Å². The topological polar surface area (TPSA) is 61.4 Å². The average Bonchev–Trinajstić information content (AvgIpc) is 2.44. The van der Waals surface area contributed by atoms with Gasteiger partial charge in [-0.2, -0.15) is 0 Å². The molecule has 0 heterocycles. The van der Waals surface area contributed by atoms with Crippen molar-refractivity contribution >= 4 is 11.6 Å². The van der Waals surface area contributed by atoms with E-state index < -0.39 is 5.54 Å². The molecule has 4 nitrogen and oxygen atoms in total. The van der Waals surface area contributed by atoms with Crippen LogP contribution in [0.5, 0.6) is 0 Å². The Morgan fingerprint density at radius 2 is 1.85 bits per heavy atom. The van der Waals surface area contributed by atoms with Gasteiger partial charge < -0.3 is 15.7 Å². The molecule has 1 aromatic rings. The van der Waals surface area contributed by atoms with Gasteiger partial charge >= 0.3 is 0 Å². The minimum atomic E-state index is -0.540. The lowest BCUT2D eigenvalue weighted by atomic mass is 9.93. The molecule has 0 spiro atoms. The summed E-state index contributed by atoms with van der Waals surface area (Å²) in [4.78, 5) is 12.5. The molecule has 0 fully saturated rings. The van der Waals surface area contributed by atoms with Crippen molar-refractivity contribution in [3.63, 3.8) is 0 Å². The second kappa shape index (κ2) is 7.29. The first kappa shape index (κ1) is 16.5. The second-order valence-electron chi connectivity index (χ2n) is 5.44. The highest BCUT2D eigenvalue weighted by Gasteiger charge is 2.28. The van der Waals surface area contributed by atoms with E-state index >= 15 is 0 Å². The average molecular weight is 278 g/mol. The van der Waals surface area contributed by atoms with Gasteiger partial charge in [-0.3, -0.25) is 4.79 Å². The number of aliphatic hydroxyl groups is 1. The second-order valence-corrected chi connectivity index (χ2v) is 5.44. The van der Waals surface area contributed by atoms with Gasteiger partial charge in [0, 0.05) is 11.7 Å². The number of carbonyl (C=O) groups is 1. The molecule has 3 N–H and O–H groups in total. The summed E-state index contributed by atoms with van der Waals surface area (Å²) in [5.41, 5.74) is 0.891. The SMILES string of the molecule is CCC(CC)(CO)NC(=O)c1ccccc1NC(C)C. The van der Waals surface area contributed by atoms with E-state index in [9.17, 15) is 9.90 Å². The Bertz CT molecular complexity index is 432. The van der Waals surface area contributed by atoms with Crippen LogP contribution in [0.2, 0.25) is 0 Å². The highest BCUT2D eigenvalue weighted by molar-refractivity contribution is 6.00. The first-order chi connectivity index (χ1) is 9.48. The zero-order chi connectivity index (χ0) is 15.2. The van der Waals surface area contributed by atoms with Gasteiger partial charge in [0.25, 0.3) is 5.91 Å². The standard InChI is InChI=1S/C16H26N2O2/c1-5-16(6-2,11-19)18-15(20)13-9-7-8-10-14(13)17-12(3)4/h7-10,12,17,19H,5-6,11H2,1-4H3,(H,18,20). The Hall–Kier alpha value is -1.55. The van der Waals surface area contributed by atoms with Crippen molar-refractivity contribution in [3.05, 3.63) is 29.8 Å². The quantitative estimate of drug-likeness (QED) is 0.718. The van der Waals surface area contributed by atoms with Crippen molar-refractivity contribution < 1.29 is 9.90 Å². The van der Waals surface area contributed by atoms with Crippen molar-refractivity contribution in [2.75, 3.05) is 11.9 Å². The van der Waals surface area contributed by atoms with Crippen LogP contribution in [-0.4, -0.2) is 29.2 Å². The van der Waals surface area contributed by atoms with Gasteiger partial charge in [0.15, 0.2) is 0 Å². The lowest BCUT2D eigenvalue weighted by Crippen LogP contribution is -2.50. The third-order valence-corrected chi connectivity index (χ3v) is 3.65. The molecule has 112 valence electrons. The molecule has 20 heavy (non-hydrogen) atoms. The fourth-order valence-corrected chi connectivity index (χ4v) is 2.12. The molecular formula is C16H26N2O2. The summed E-state index contributed by atoms with van der Waals surface area (Å²) in [6.45, 7) is 7.96. The summed E-state index contributed by atoms with van der Waals surface area (Å²) in [5.74, 6) is -0.147. The normalized spacial score (nSPS) is 11.5. The van der Waals surface area contributed by atoms with Crippen LogP contribution in [0.4, 0.5) is 5.69 Å². The molecule has 0 bridgehead atoms. The van der Waals surface area contributed by atoms with Crippen LogP contribution in [0, 0.1) is 0 Å². The maximum atomic E-state index is 12.5. The number of nitrogens with one attached hydrogen (secondary N) is 2. The number of amides is 1. The summed E-state index contributed by atoms with van der Waals surface area (Å²) in [7, 11) is 0. The van der Waals surface area contributed by atoms with Gasteiger partial charge in [-0.05, 0) is 38.8 Å². The predicted octanol–water partition coefficient (Wildman–Crippen LogP) is 2.79. The van der Waals surface area contributed by atoms with Gasteiger partial charge in [-0.1, -0.05) is 26.0 Å². The van der Waals surface area contributed by atoms with E-state index in [4.69, 9.17) is 0 Å². The highest BCUT2D eigenvalue weighted by Crippen LogP contribution is 2.20. The fourth-order valence-electron chi connectivity index (χ4n) is 2.12. The number of aliphatic hydroxyl groups excluding tert-OH is 1. The molecule has 0 unspecified atom stereocenters. The minimum Gasteiger partial charge on any atom is -0.394 e. The molecule has 0 aliphatic heterocycles. The van der Waals surface area contributed by atoms with Crippen molar-refractivity contribution in [3.8, 4) is 0 Å². The number of benzene rings is 1. The molecule has 0 aliphatic rings. The van der Waals surface area contributed by atoms with Crippen LogP contribution in [-0.2, 0) is 0 Å². The fraction of sp³-hybridized carbons (Fsp3) is 0.562. The van der Waals surface area contributed by atoms with Crippen LogP contribution >= 0.6 is 0 Å². The molecule has 0 aromatic heterocycles. The molecule has 1 rings (SSSR count). The van der Waals surface area contributed by atoms with E-state index in [-0.39, 0.29) is 18.6 Å². The molecule has 1 aromatic carbocycles. The maximum Gasteiger partial charge on any atom is 0.253 e. The van der Waals surface area contributed by atoms with Crippen molar-refractivity contribution in [2.45, 2.75) is 52.1 Å². The van der Waals surface area contributed by atoms with E-state index in [0.717, 1.165) is 5.69 Å². The first-order valence-electron chi connectivity index (χ1n) is 7.27. The number of hydrogen-bond donors (Lipinski definition) is 3. The number of anilines is 1. The van der Waals surface area contributed by atoms with Crippen LogP contribution in [0.1, 0.15) is 50.9 Å². The Morgan fingerprint density at radius 3 is 2.35 bits per heavy atom. The van der Waals surface area contributed by atoms with Gasteiger partial charge in [-0.25, -0.2) is 0 Å². The van der Waals surface area contributed by atoms with E-state index in [1.54, 1.807) is 6.07 Å². The van der Waals surface area contributed by atoms with Gasteiger partial charge in [0.1, 0.15) is 0 Å². The number of carbonyl (C=O) groups excluding carboxylic acids is 1. The zero-order valence-electron chi connectivity index (χ0n) is 12.9. The molecule has 0 saturated heterocycles. The number of para-hydroxylation sites is 1. The summed E-state index contributed by atoms with van der Waals surface area (Å²) >= 11 is 0. The lowest BCUT2D eigenvalue weighted by Gasteiger charge is -2.31. The van der Waals surface area contributed by atoms with E-state index in [2.05, 4.69) is 10.6 Å². The van der Waals surface area contributed by atoms with Crippen molar-refractivity contribution in [1.29, 1.82) is 0 Å². The first-order valence-corrected chi connectivity index (χ1v) is 7.27. The third kappa shape index (κ3) is 3.97. The van der Waals surface area contributed by atoms with Crippen LogP contribution in [0.25, 0.3) is 0 Å². The summed E-state index contributed by atoms with van der Waals surface area (Å²) in [5, 5.41) is 15.8. The minimum absolute atomic E-state index is 0.0501. The van der Waals surface area contributed by atoms with Crippen LogP contribution in [0.3, 0.4) is 0 Å². The Morgan fingerprint density at radius 1 is 1.25 bits per heavy atom.